The number of rotatable bonds is 10. The topological polar surface area (TPSA) is 77.8 Å². The van der Waals surface area contributed by atoms with Crippen LogP contribution in [0.1, 0.15) is 55.8 Å². The lowest BCUT2D eigenvalue weighted by molar-refractivity contribution is 0.0587. The van der Waals surface area contributed by atoms with E-state index < -0.39 is 5.97 Å². The van der Waals surface area contributed by atoms with E-state index in [2.05, 4.69) is 0 Å². The number of hydrogen-bond donors (Lipinski definition) is 0. The molecule has 0 N–H and O–H groups in total. The van der Waals surface area contributed by atoms with Crippen molar-refractivity contribution in [1.82, 2.24) is 9.47 Å². The molecule has 0 aliphatic heterocycles. The first-order valence-corrected chi connectivity index (χ1v) is 10.0. The molecule has 30 heavy (non-hydrogen) atoms. The lowest BCUT2D eigenvalue weighted by Gasteiger charge is -2.22. The molecule has 0 aliphatic rings. The summed E-state index contributed by atoms with van der Waals surface area (Å²) in [6.45, 7) is 6.80. The maximum atomic E-state index is 13.3. The van der Waals surface area contributed by atoms with Gasteiger partial charge in [-0.1, -0.05) is 18.2 Å². The highest BCUT2D eigenvalue weighted by atomic mass is 16.5. The fourth-order valence-electron chi connectivity index (χ4n) is 3.73. The smallest absolute Gasteiger partial charge is 0.354 e. The number of carbonyl (C=O) groups excluding carboxylic acids is 3. The Hall–Kier alpha value is -2.93. The van der Waals surface area contributed by atoms with Gasteiger partial charge in [0.05, 0.1) is 13.7 Å². The predicted molar refractivity (Wildman–Crippen MR) is 114 cm³/mol. The highest BCUT2D eigenvalue weighted by molar-refractivity contribution is 6.06. The normalized spacial score (nSPS) is 10.7. The molecular formula is C23H30N2O5. The number of benzene rings is 1. The second-order valence-electron chi connectivity index (χ2n) is 7.03. The van der Waals surface area contributed by atoms with Crippen molar-refractivity contribution in [3.63, 3.8) is 0 Å². The van der Waals surface area contributed by atoms with Gasteiger partial charge in [0.1, 0.15) is 5.69 Å². The van der Waals surface area contributed by atoms with E-state index in [4.69, 9.17) is 9.47 Å². The Kier molecular flexibility index (Phi) is 8.35. The molecule has 2 aromatic rings. The van der Waals surface area contributed by atoms with E-state index in [0.29, 0.717) is 54.2 Å². The van der Waals surface area contributed by atoms with Crippen LogP contribution in [0.15, 0.2) is 30.3 Å². The second kappa shape index (κ2) is 10.7. The highest BCUT2D eigenvalue weighted by Crippen LogP contribution is 2.24. The number of nitrogens with zero attached hydrogens (tertiary/aromatic N) is 2. The SMILES string of the molecule is CCn1c(C)c(C(=O)CN(CCCOC)C(=O)c2ccccc2)c(C)c1C(=O)OC. The first kappa shape index (κ1) is 23.3. The Balaban J connectivity index is 2.36. The molecule has 1 aromatic carbocycles. The molecule has 7 nitrogen and oxygen atoms in total. The summed E-state index contributed by atoms with van der Waals surface area (Å²) >= 11 is 0. The minimum Gasteiger partial charge on any atom is -0.464 e. The average Bonchev–Trinajstić information content (AvgIpc) is 3.01. The molecule has 0 bridgehead atoms. The number of ether oxygens (including phenoxy) is 2. The number of carbonyl (C=O) groups is 3. The summed E-state index contributed by atoms with van der Waals surface area (Å²) < 4.78 is 11.8. The van der Waals surface area contributed by atoms with Crippen LogP contribution in [-0.4, -0.2) is 61.0 Å². The standard InChI is InChI=1S/C23H30N2O5/c1-6-25-17(3)20(16(2)21(25)23(28)30-5)19(26)15-24(13-10-14-29-4)22(27)18-11-8-7-9-12-18/h7-9,11-12H,6,10,13-15H2,1-5H3. The molecule has 0 saturated carbocycles. The van der Waals surface area contributed by atoms with E-state index >= 15 is 0 Å². The molecule has 2 rings (SSSR count). The predicted octanol–water partition coefficient (Wildman–Crippen LogP) is 3.27. The molecule has 162 valence electrons. The second-order valence-corrected chi connectivity index (χ2v) is 7.03. The number of esters is 1. The van der Waals surface area contributed by atoms with Crippen LogP contribution < -0.4 is 0 Å². The van der Waals surface area contributed by atoms with Crippen LogP contribution in [-0.2, 0) is 16.0 Å². The summed E-state index contributed by atoms with van der Waals surface area (Å²) in [5.41, 5.74) is 2.65. The Labute approximate surface area is 177 Å². The van der Waals surface area contributed by atoms with Crippen molar-refractivity contribution < 1.29 is 23.9 Å². The number of ketones is 1. The summed E-state index contributed by atoms with van der Waals surface area (Å²) in [7, 11) is 2.92. The highest BCUT2D eigenvalue weighted by Gasteiger charge is 2.28. The van der Waals surface area contributed by atoms with Crippen molar-refractivity contribution in [3.8, 4) is 0 Å². The minimum atomic E-state index is -0.478. The Morgan fingerprint density at radius 1 is 1.07 bits per heavy atom. The van der Waals surface area contributed by atoms with E-state index in [1.54, 1.807) is 42.9 Å². The molecule has 0 saturated heterocycles. The van der Waals surface area contributed by atoms with Gasteiger partial charge in [-0.05, 0) is 44.9 Å². The molecule has 0 atom stereocenters. The molecule has 1 aromatic heterocycles. The third-order valence-corrected chi connectivity index (χ3v) is 5.16. The van der Waals surface area contributed by atoms with Gasteiger partial charge in [-0.3, -0.25) is 9.59 Å². The molecule has 1 heterocycles. The van der Waals surface area contributed by atoms with Crippen LogP contribution in [0.5, 0.6) is 0 Å². The van der Waals surface area contributed by atoms with Crippen molar-refractivity contribution in [2.24, 2.45) is 0 Å². The van der Waals surface area contributed by atoms with Crippen LogP contribution in [0.2, 0.25) is 0 Å². The largest absolute Gasteiger partial charge is 0.464 e. The molecule has 0 radical (unpaired) electrons. The monoisotopic (exact) mass is 414 g/mol. The van der Waals surface area contributed by atoms with Crippen LogP contribution in [0.25, 0.3) is 0 Å². The van der Waals surface area contributed by atoms with E-state index in [1.165, 1.54) is 12.0 Å². The van der Waals surface area contributed by atoms with E-state index in [9.17, 15) is 14.4 Å². The molecular weight excluding hydrogens is 384 g/mol. The van der Waals surface area contributed by atoms with E-state index in [1.807, 2.05) is 19.9 Å². The number of Topliss-reactive ketones (excluding diaryl/α,β-unsaturated/α-hetero) is 1. The fraction of sp³-hybridized carbons (Fsp3) is 0.435. The zero-order valence-electron chi connectivity index (χ0n) is 18.4. The molecule has 0 aliphatic carbocycles. The maximum Gasteiger partial charge on any atom is 0.354 e. The first-order valence-electron chi connectivity index (χ1n) is 10.0. The lowest BCUT2D eigenvalue weighted by Crippen LogP contribution is -2.37. The molecule has 0 unspecified atom stereocenters. The van der Waals surface area contributed by atoms with Gasteiger partial charge < -0.3 is 18.9 Å². The Bertz CT molecular complexity index is 902. The molecule has 0 spiro atoms. The van der Waals surface area contributed by atoms with Crippen molar-refractivity contribution in [2.45, 2.75) is 33.7 Å². The third-order valence-electron chi connectivity index (χ3n) is 5.16. The van der Waals surface area contributed by atoms with Gasteiger partial charge in [0.2, 0.25) is 0 Å². The van der Waals surface area contributed by atoms with Crippen molar-refractivity contribution in [2.75, 3.05) is 33.9 Å². The number of amides is 1. The van der Waals surface area contributed by atoms with Crippen molar-refractivity contribution in [1.29, 1.82) is 0 Å². The summed E-state index contributed by atoms with van der Waals surface area (Å²) in [6, 6.07) is 8.89. The van der Waals surface area contributed by atoms with Crippen molar-refractivity contribution >= 4 is 17.7 Å². The number of aromatic nitrogens is 1. The molecule has 0 fully saturated rings. The summed E-state index contributed by atoms with van der Waals surface area (Å²) in [5, 5.41) is 0. The van der Waals surface area contributed by atoms with Gasteiger partial charge in [-0.2, -0.15) is 0 Å². The zero-order valence-corrected chi connectivity index (χ0v) is 18.4. The van der Waals surface area contributed by atoms with Gasteiger partial charge in [0, 0.05) is 43.6 Å². The summed E-state index contributed by atoms with van der Waals surface area (Å²) in [4.78, 5) is 40.1. The van der Waals surface area contributed by atoms with Gasteiger partial charge in [-0.25, -0.2) is 4.79 Å². The van der Waals surface area contributed by atoms with Crippen LogP contribution in [0.3, 0.4) is 0 Å². The Morgan fingerprint density at radius 2 is 1.73 bits per heavy atom. The quantitative estimate of drug-likeness (QED) is 0.339. The lowest BCUT2D eigenvalue weighted by atomic mass is 10.0. The fourth-order valence-corrected chi connectivity index (χ4v) is 3.73. The van der Waals surface area contributed by atoms with Crippen LogP contribution in [0.4, 0.5) is 0 Å². The van der Waals surface area contributed by atoms with Crippen LogP contribution in [0, 0.1) is 13.8 Å². The number of methoxy groups -OCH3 is 2. The number of hydrogen-bond acceptors (Lipinski definition) is 5. The van der Waals surface area contributed by atoms with Crippen LogP contribution >= 0.6 is 0 Å². The Morgan fingerprint density at radius 3 is 2.30 bits per heavy atom. The van der Waals surface area contributed by atoms with Crippen molar-refractivity contribution in [3.05, 3.63) is 58.4 Å². The van der Waals surface area contributed by atoms with Gasteiger partial charge in [-0.15, -0.1) is 0 Å². The van der Waals surface area contributed by atoms with Gasteiger partial charge in [0.15, 0.2) is 5.78 Å². The van der Waals surface area contributed by atoms with Gasteiger partial charge in [0.25, 0.3) is 5.91 Å². The van der Waals surface area contributed by atoms with Gasteiger partial charge >= 0.3 is 5.97 Å². The molecule has 1 amide bonds. The minimum absolute atomic E-state index is 0.0759. The zero-order chi connectivity index (χ0) is 22.3. The van der Waals surface area contributed by atoms with E-state index in [-0.39, 0.29) is 18.2 Å². The first-order chi connectivity index (χ1) is 14.4. The summed E-state index contributed by atoms with van der Waals surface area (Å²) in [6.07, 6.45) is 0.615. The van der Waals surface area contributed by atoms with E-state index in [0.717, 1.165) is 0 Å². The maximum absolute atomic E-state index is 13.3. The summed E-state index contributed by atoms with van der Waals surface area (Å²) in [5.74, 6) is -0.892. The third kappa shape index (κ3) is 4.97. The average molecular weight is 415 g/mol. The molecule has 7 heteroatoms.